The van der Waals surface area contributed by atoms with Gasteiger partial charge >= 0.3 is 0 Å². The van der Waals surface area contributed by atoms with Crippen molar-refractivity contribution in [3.05, 3.63) is 82.4 Å². The Labute approximate surface area is 200 Å². The molecular weight excluding hydrogens is 436 g/mol. The summed E-state index contributed by atoms with van der Waals surface area (Å²) in [5.74, 6) is 0. The number of halogens is 1. The second-order valence-electron chi connectivity index (χ2n) is 8.97. The van der Waals surface area contributed by atoms with Crippen molar-refractivity contribution in [2.24, 2.45) is 0 Å². The molecule has 1 N–H and O–H groups in total. The fraction of sp³-hybridized carbons (Fsp3) is 0.385. The lowest BCUT2D eigenvalue weighted by molar-refractivity contribution is 0.197. The van der Waals surface area contributed by atoms with Crippen LogP contribution in [0, 0.1) is 13.8 Å². The van der Waals surface area contributed by atoms with Crippen molar-refractivity contribution in [2.75, 3.05) is 0 Å². The quantitative estimate of drug-likeness (QED) is 0.450. The zero-order valence-electron chi connectivity index (χ0n) is 18.6. The van der Waals surface area contributed by atoms with E-state index >= 15 is 0 Å². The van der Waals surface area contributed by atoms with Crippen LogP contribution in [0.5, 0.6) is 0 Å². The van der Waals surface area contributed by atoms with Gasteiger partial charge in [0.25, 0.3) is 0 Å². The van der Waals surface area contributed by atoms with Crippen LogP contribution in [0.2, 0.25) is 5.02 Å². The Balaban J connectivity index is 1.63. The lowest BCUT2D eigenvalue weighted by Gasteiger charge is -2.37. The molecule has 5 rings (SSSR count). The van der Waals surface area contributed by atoms with Gasteiger partial charge < -0.3 is 14.8 Å². The van der Waals surface area contributed by atoms with Crippen LogP contribution in [-0.4, -0.2) is 25.6 Å². The van der Waals surface area contributed by atoms with E-state index in [0.29, 0.717) is 6.04 Å². The number of aryl methyl sites for hydroxylation is 1. The highest BCUT2D eigenvalue weighted by Gasteiger charge is 2.44. The minimum Gasteiger partial charge on any atom is -0.352 e. The van der Waals surface area contributed by atoms with Crippen molar-refractivity contribution >= 4 is 28.9 Å². The van der Waals surface area contributed by atoms with Crippen LogP contribution in [0.25, 0.3) is 5.69 Å². The summed E-state index contributed by atoms with van der Waals surface area (Å²) >= 11 is 12.3. The van der Waals surface area contributed by atoms with Crippen LogP contribution in [0.15, 0.2) is 54.7 Å². The molecule has 2 aromatic heterocycles. The number of nitrogens with one attached hydrogen (secondary N) is 1. The van der Waals surface area contributed by atoms with Gasteiger partial charge in [0, 0.05) is 34.3 Å². The van der Waals surface area contributed by atoms with Crippen molar-refractivity contribution in [1.82, 2.24) is 19.8 Å². The first kappa shape index (κ1) is 21.5. The minimum atomic E-state index is 0.0268. The van der Waals surface area contributed by atoms with Crippen molar-refractivity contribution in [3.63, 3.8) is 0 Å². The molecule has 3 aromatic rings. The Bertz CT molecular complexity index is 1120. The van der Waals surface area contributed by atoms with E-state index in [9.17, 15) is 0 Å². The lowest BCUT2D eigenvalue weighted by atomic mass is 9.90. The molecule has 0 spiro atoms. The molecule has 166 valence electrons. The Morgan fingerprint density at radius 3 is 2.56 bits per heavy atom. The van der Waals surface area contributed by atoms with Crippen molar-refractivity contribution < 1.29 is 0 Å². The summed E-state index contributed by atoms with van der Waals surface area (Å²) in [5.41, 5.74) is 5.84. The zero-order valence-corrected chi connectivity index (χ0v) is 20.2. The van der Waals surface area contributed by atoms with Gasteiger partial charge in [-0.3, -0.25) is 4.98 Å². The molecule has 2 fully saturated rings. The second kappa shape index (κ2) is 8.87. The number of aromatic nitrogens is 2. The Morgan fingerprint density at radius 2 is 1.84 bits per heavy atom. The third kappa shape index (κ3) is 3.82. The number of nitrogens with zero attached hydrogens (tertiary/aromatic N) is 3. The van der Waals surface area contributed by atoms with Gasteiger partial charge in [0.05, 0.1) is 17.8 Å². The van der Waals surface area contributed by atoms with E-state index in [2.05, 4.69) is 52.9 Å². The predicted octanol–water partition coefficient (Wildman–Crippen LogP) is 6.45. The maximum Gasteiger partial charge on any atom is 0.170 e. The number of pyridine rings is 1. The summed E-state index contributed by atoms with van der Waals surface area (Å²) in [6, 6.07) is 17.1. The molecule has 1 aromatic carbocycles. The highest BCUT2D eigenvalue weighted by Crippen LogP contribution is 2.44. The third-order valence-corrected chi connectivity index (χ3v) is 7.52. The topological polar surface area (TPSA) is 33.1 Å². The van der Waals surface area contributed by atoms with Gasteiger partial charge in [0.1, 0.15) is 0 Å². The lowest BCUT2D eigenvalue weighted by Crippen LogP contribution is -2.40. The summed E-state index contributed by atoms with van der Waals surface area (Å²) in [6.45, 7) is 4.37. The summed E-state index contributed by atoms with van der Waals surface area (Å²) in [4.78, 5) is 7.19. The monoisotopic (exact) mass is 464 g/mol. The third-order valence-electron chi connectivity index (χ3n) is 6.96. The van der Waals surface area contributed by atoms with Gasteiger partial charge in [-0.2, -0.15) is 0 Å². The van der Waals surface area contributed by atoms with E-state index < -0.39 is 0 Å². The summed E-state index contributed by atoms with van der Waals surface area (Å²) < 4.78 is 2.30. The van der Waals surface area contributed by atoms with E-state index in [1.807, 2.05) is 30.5 Å². The molecule has 2 aliphatic rings. The summed E-state index contributed by atoms with van der Waals surface area (Å²) in [6.07, 6.45) is 8.12. The summed E-state index contributed by atoms with van der Waals surface area (Å²) in [7, 11) is 0. The van der Waals surface area contributed by atoms with Gasteiger partial charge in [-0.25, -0.2) is 0 Å². The molecule has 2 atom stereocenters. The van der Waals surface area contributed by atoms with Crippen LogP contribution >= 0.6 is 23.8 Å². The van der Waals surface area contributed by atoms with Crippen LogP contribution in [0.3, 0.4) is 0 Å². The Hall–Kier alpha value is -2.37. The fourth-order valence-corrected chi connectivity index (χ4v) is 6.12. The highest BCUT2D eigenvalue weighted by molar-refractivity contribution is 7.80. The predicted molar refractivity (Wildman–Crippen MR) is 134 cm³/mol. The molecule has 4 nitrogen and oxygen atoms in total. The standard InChI is InChI=1S/C26H29ClN4S/c1-17-15-22(18(2)30(17)21-12-8-9-19(27)16-21)25-24(23-13-6-7-14-28-23)29-26(32)31(25)20-10-4-3-5-11-20/h6-9,12-16,20,24-25H,3-5,10-11H2,1-2H3,(H,29,32)/t24-,25+/m0/s1. The molecular formula is C26H29ClN4S. The maximum absolute atomic E-state index is 6.32. The average Bonchev–Trinajstić information content (AvgIpc) is 3.30. The Kier molecular flexibility index (Phi) is 5.95. The maximum atomic E-state index is 6.32. The molecule has 3 heterocycles. The van der Waals surface area contributed by atoms with Gasteiger partial charge in [0.2, 0.25) is 0 Å². The van der Waals surface area contributed by atoms with Gasteiger partial charge in [-0.1, -0.05) is 43.0 Å². The highest BCUT2D eigenvalue weighted by atomic mass is 35.5. The number of hydrogen-bond acceptors (Lipinski definition) is 2. The van der Waals surface area contributed by atoms with E-state index in [4.69, 9.17) is 28.8 Å². The molecule has 1 saturated carbocycles. The number of hydrogen-bond donors (Lipinski definition) is 1. The molecule has 0 unspecified atom stereocenters. The van der Waals surface area contributed by atoms with Crippen molar-refractivity contribution in [1.29, 1.82) is 0 Å². The number of benzene rings is 1. The van der Waals surface area contributed by atoms with Gasteiger partial charge in [-0.05, 0) is 80.9 Å². The molecule has 1 saturated heterocycles. The Morgan fingerprint density at radius 1 is 1.03 bits per heavy atom. The molecule has 1 aliphatic heterocycles. The first-order valence-corrected chi connectivity index (χ1v) is 12.3. The van der Waals surface area contributed by atoms with E-state index in [1.54, 1.807) is 0 Å². The summed E-state index contributed by atoms with van der Waals surface area (Å²) in [5, 5.41) is 5.23. The number of thiocarbonyl (C=S) groups is 1. The molecule has 0 bridgehead atoms. The van der Waals surface area contributed by atoms with E-state index in [0.717, 1.165) is 21.5 Å². The van der Waals surface area contributed by atoms with Crippen molar-refractivity contribution in [3.8, 4) is 5.69 Å². The molecule has 0 amide bonds. The average molecular weight is 465 g/mol. The first-order valence-electron chi connectivity index (χ1n) is 11.5. The van der Waals surface area contributed by atoms with Crippen LogP contribution in [0.4, 0.5) is 0 Å². The van der Waals surface area contributed by atoms with Gasteiger partial charge in [-0.15, -0.1) is 0 Å². The van der Waals surface area contributed by atoms with Gasteiger partial charge in [0.15, 0.2) is 5.11 Å². The first-order chi connectivity index (χ1) is 15.5. The largest absolute Gasteiger partial charge is 0.352 e. The van der Waals surface area contributed by atoms with Crippen LogP contribution in [-0.2, 0) is 0 Å². The zero-order chi connectivity index (χ0) is 22.2. The van der Waals surface area contributed by atoms with E-state index in [1.165, 1.54) is 49.1 Å². The fourth-order valence-electron chi connectivity index (χ4n) is 5.55. The normalized spacial score (nSPS) is 21.7. The second-order valence-corrected chi connectivity index (χ2v) is 9.79. The molecule has 1 aliphatic carbocycles. The smallest absolute Gasteiger partial charge is 0.170 e. The van der Waals surface area contributed by atoms with E-state index in [-0.39, 0.29) is 12.1 Å². The van der Waals surface area contributed by atoms with Crippen molar-refractivity contribution in [2.45, 2.75) is 64.1 Å². The SMILES string of the molecule is Cc1cc([C@@H]2[C@H](c3ccccn3)NC(=S)N2C2CCCCC2)c(C)n1-c1cccc(Cl)c1. The molecule has 6 heteroatoms. The molecule has 0 radical (unpaired) electrons. The minimum absolute atomic E-state index is 0.0268. The molecule has 32 heavy (non-hydrogen) atoms. The van der Waals surface area contributed by atoms with Crippen LogP contribution < -0.4 is 5.32 Å². The van der Waals surface area contributed by atoms with Crippen LogP contribution in [0.1, 0.15) is 66.8 Å². The number of rotatable bonds is 4.